The topological polar surface area (TPSA) is 42.4 Å². The van der Waals surface area contributed by atoms with Crippen molar-refractivity contribution in [3.63, 3.8) is 0 Å². The highest BCUT2D eigenvalue weighted by Gasteiger charge is 2.12. The first kappa shape index (κ1) is 17.0. The van der Waals surface area contributed by atoms with Crippen LogP contribution in [0.15, 0.2) is 48.8 Å². The largest absolute Gasteiger partial charge is 0.484 e. The predicted molar refractivity (Wildman–Crippen MR) is 91.5 cm³/mol. The third kappa shape index (κ3) is 5.40. The van der Waals surface area contributed by atoms with Crippen molar-refractivity contribution in [1.29, 1.82) is 0 Å². The minimum atomic E-state index is 0.0149. The molecule has 23 heavy (non-hydrogen) atoms. The molecular weight excluding hydrogens is 288 g/mol. The Morgan fingerprint density at radius 2 is 1.74 bits per heavy atom. The third-order valence-electron chi connectivity index (χ3n) is 3.85. The van der Waals surface area contributed by atoms with Gasteiger partial charge in [-0.3, -0.25) is 9.78 Å². The van der Waals surface area contributed by atoms with Gasteiger partial charge in [-0.1, -0.05) is 19.1 Å². The summed E-state index contributed by atoms with van der Waals surface area (Å²) in [6.07, 6.45) is 5.37. The number of hydrogen-bond acceptors (Lipinski definition) is 3. The lowest BCUT2D eigenvalue weighted by Crippen LogP contribution is -2.36. The number of aryl methyl sites for hydroxylation is 1. The molecule has 4 nitrogen and oxygen atoms in total. The maximum atomic E-state index is 12.3. The zero-order chi connectivity index (χ0) is 16.5. The van der Waals surface area contributed by atoms with E-state index in [1.807, 2.05) is 48.2 Å². The molecule has 4 heteroatoms. The molecule has 1 amide bonds. The molecule has 0 atom stereocenters. The van der Waals surface area contributed by atoms with Crippen molar-refractivity contribution in [2.75, 3.05) is 19.7 Å². The lowest BCUT2D eigenvalue weighted by molar-refractivity contribution is -0.133. The first-order valence-corrected chi connectivity index (χ1v) is 8.11. The fourth-order valence-corrected chi connectivity index (χ4v) is 2.33. The van der Waals surface area contributed by atoms with E-state index in [-0.39, 0.29) is 12.5 Å². The number of likely N-dealkylation sites (N-methyl/N-ethyl adjacent to an activating group) is 1. The van der Waals surface area contributed by atoms with E-state index in [0.717, 1.165) is 18.6 Å². The molecule has 0 radical (unpaired) electrons. The van der Waals surface area contributed by atoms with Gasteiger partial charge in [0.2, 0.25) is 0 Å². The number of aromatic nitrogens is 1. The van der Waals surface area contributed by atoms with Gasteiger partial charge in [-0.25, -0.2) is 0 Å². The Kier molecular flexibility index (Phi) is 6.60. The van der Waals surface area contributed by atoms with Crippen molar-refractivity contribution in [2.24, 2.45) is 0 Å². The summed E-state index contributed by atoms with van der Waals surface area (Å²) in [5.41, 5.74) is 2.44. The molecule has 0 saturated heterocycles. The second-order valence-electron chi connectivity index (χ2n) is 5.37. The fraction of sp³-hybridized carbons (Fsp3) is 0.368. The number of carbonyl (C=O) groups excluding carboxylic acids is 1. The van der Waals surface area contributed by atoms with E-state index in [9.17, 15) is 4.79 Å². The molecule has 1 aromatic carbocycles. The maximum Gasteiger partial charge on any atom is 0.260 e. The van der Waals surface area contributed by atoms with Gasteiger partial charge in [0.15, 0.2) is 6.61 Å². The van der Waals surface area contributed by atoms with Gasteiger partial charge >= 0.3 is 0 Å². The van der Waals surface area contributed by atoms with E-state index in [1.54, 1.807) is 12.4 Å². The molecule has 0 bridgehead atoms. The van der Waals surface area contributed by atoms with Crippen LogP contribution in [-0.4, -0.2) is 35.5 Å². The third-order valence-corrected chi connectivity index (χ3v) is 3.85. The average molecular weight is 312 g/mol. The summed E-state index contributed by atoms with van der Waals surface area (Å²) in [6, 6.07) is 11.8. The van der Waals surface area contributed by atoms with Crippen LogP contribution in [-0.2, 0) is 17.6 Å². The molecule has 0 unspecified atom stereocenters. The molecule has 122 valence electrons. The molecule has 0 aliphatic carbocycles. The number of nitrogens with zero attached hydrogens (tertiary/aromatic N) is 2. The van der Waals surface area contributed by atoms with Crippen molar-refractivity contribution >= 4 is 5.91 Å². The normalized spacial score (nSPS) is 10.3. The van der Waals surface area contributed by atoms with E-state index in [1.165, 1.54) is 11.1 Å². The van der Waals surface area contributed by atoms with Crippen LogP contribution in [0.25, 0.3) is 0 Å². The number of ether oxygens (including phenoxy) is 1. The molecular formula is C19H24N2O2. The van der Waals surface area contributed by atoms with Crippen molar-refractivity contribution in [3.05, 3.63) is 59.9 Å². The van der Waals surface area contributed by atoms with Gasteiger partial charge in [0.05, 0.1) is 0 Å². The maximum absolute atomic E-state index is 12.3. The van der Waals surface area contributed by atoms with Crippen LogP contribution in [0.3, 0.4) is 0 Å². The summed E-state index contributed by atoms with van der Waals surface area (Å²) < 4.78 is 5.60. The monoisotopic (exact) mass is 312 g/mol. The standard InChI is InChI=1S/C19H24N2O2/c1-3-16-5-7-18(8-6-16)23-15-19(22)21(4-2)14-11-17-9-12-20-13-10-17/h5-10,12-13H,3-4,11,14-15H2,1-2H3. The Labute approximate surface area is 138 Å². The molecule has 0 aliphatic heterocycles. The summed E-state index contributed by atoms with van der Waals surface area (Å²) in [5, 5.41) is 0. The lowest BCUT2D eigenvalue weighted by Gasteiger charge is -2.21. The molecule has 1 aromatic heterocycles. The van der Waals surface area contributed by atoms with Gasteiger partial charge in [-0.15, -0.1) is 0 Å². The quantitative estimate of drug-likeness (QED) is 0.752. The highest BCUT2D eigenvalue weighted by molar-refractivity contribution is 5.77. The van der Waals surface area contributed by atoms with Crippen molar-refractivity contribution in [1.82, 2.24) is 9.88 Å². The molecule has 0 fully saturated rings. The van der Waals surface area contributed by atoms with Crippen LogP contribution < -0.4 is 4.74 Å². The van der Waals surface area contributed by atoms with E-state index < -0.39 is 0 Å². The molecule has 0 saturated carbocycles. The second-order valence-corrected chi connectivity index (χ2v) is 5.37. The number of hydrogen-bond donors (Lipinski definition) is 0. The van der Waals surface area contributed by atoms with Crippen LogP contribution in [0.5, 0.6) is 5.75 Å². The number of benzene rings is 1. The molecule has 2 rings (SSSR count). The SMILES string of the molecule is CCc1ccc(OCC(=O)N(CC)CCc2ccncc2)cc1. The van der Waals surface area contributed by atoms with Crippen molar-refractivity contribution in [3.8, 4) is 5.75 Å². The van der Waals surface area contributed by atoms with E-state index in [0.29, 0.717) is 13.1 Å². The zero-order valence-electron chi connectivity index (χ0n) is 13.9. The van der Waals surface area contributed by atoms with Gasteiger partial charge in [0.25, 0.3) is 5.91 Å². The number of carbonyl (C=O) groups is 1. The Balaban J connectivity index is 1.81. The first-order chi connectivity index (χ1) is 11.2. The highest BCUT2D eigenvalue weighted by atomic mass is 16.5. The van der Waals surface area contributed by atoms with E-state index in [4.69, 9.17) is 4.74 Å². The highest BCUT2D eigenvalue weighted by Crippen LogP contribution is 2.12. The zero-order valence-corrected chi connectivity index (χ0v) is 13.9. The van der Waals surface area contributed by atoms with Crippen LogP contribution >= 0.6 is 0 Å². The predicted octanol–water partition coefficient (Wildman–Crippen LogP) is 3.11. The smallest absolute Gasteiger partial charge is 0.260 e. The van der Waals surface area contributed by atoms with Crippen LogP contribution in [0, 0.1) is 0 Å². The number of pyridine rings is 1. The summed E-state index contributed by atoms with van der Waals surface area (Å²) in [5.74, 6) is 0.752. The Hall–Kier alpha value is -2.36. The molecule has 0 N–H and O–H groups in total. The molecule has 2 aromatic rings. The van der Waals surface area contributed by atoms with Gasteiger partial charge < -0.3 is 9.64 Å². The van der Waals surface area contributed by atoms with Crippen LogP contribution in [0.4, 0.5) is 0 Å². The Morgan fingerprint density at radius 1 is 1.04 bits per heavy atom. The Bertz CT molecular complexity index is 597. The molecule has 0 aliphatic rings. The molecule has 0 spiro atoms. The van der Waals surface area contributed by atoms with E-state index in [2.05, 4.69) is 11.9 Å². The summed E-state index contributed by atoms with van der Waals surface area (Å²) in [7, 11) is 0. The lowest BCUT2D eigenvalue weighted by atomic mass is 10.2. The van der Waals surface area contributed by atoms with Crippen molar-refractivity contribution in [2.45, 2.75) is 26.7 Å². The first-order valence-electron chi connectivity index (χ1n) is 8.11. The van der Waals surface area contributed by atoms with Gasteiger partial charge in [-0.2, -0.15) is 0 Å². The minimum absolute atomic E-state index is 0.0149. The van der Waals surface area contributed by atoms with E-state index >= 15 is 0 Å². The van der Waals surface area contributed by atoms with Crippen LogP contribution in [0.1, 0.15) is 25.0 Å². The average Bonchev–Trinajstić information content (AvgIpc) is 2.61. The molecule has 1 heterocycles. The summed E-state index contributed by atoms with van der Waals surface area (Å²) >= 11 is 0. The van der Waals surface area contributed by atoms with Gasteiger partial charge in [-0.05, 0) is 55.2 Å². The van der Waals surface area contributed by atoms with Gasteiger partial charge in [0, 0.05) is 25.5 Å². The summed E-state index contributed by atoms with van der Waals surface area (Å²) in [4.78, 5) is 18.1. The van der Waals surface area contributed by atoms with Crippen molar-refractivity contribution < 1.29 is 9.53 Å². The number of amides is 1. The Morgan fingerprint density at radius 3 is 2.35 bits per heavy atom. The number of rotatable bonds is 8. The fourth-order valence-electron chi connectivity index (χ4n) is 2.33. The minimum Gasteiger partial charge on any atom is -0.484 e. The van der Waals surface area contributed by atoms with Crippen LogP contribution in [0.2, 0.25) is 0 Å². The van der Waals surface area contributed by atoms with Gasteiger partial charge in [0.1, 0.15) is 5.75 Å². The summed E-state index contributed by atoms with van der Waals surface area (Å²) in [6.45, 7) is 5.55. The second kappa shape index (κ2) is 8.93.